The minimum absolute atomic E-state index is 0.0992. The minimum Gasteiger partial charge on any atom is -0.497 e. The Morgan fingerprint density at radius 1 is 1.19 bits per heavy atom. The predicted octanol–water partition coefficient (Wildman–Crippen LogP) is 4.50. The fourth-order valence-corrected chi connectivity index (χ4v) is 4.01. The van der Waals surface area contributed by atoms with Crippen molar-refractivity contribution in [2.75, 3.05) is 18.7 Å². The van der Waals surface area contributed by atoms with Crippen molar-refractivity contribution >= 4 is 44.5 Å². The minimum atomic E-state index is -4.76. The summed E-state index contributed by atoms with van der Waals surface area (Å²) in [6, 6.07) is 14.4. The van der Waals surface area contributed by atoms with Gasteiger partial charge in [0.15, 0.2) is 5.71 Å². The average Bonchev–Trinajstić information content (AvgIpc) is 3.32. The molecule has 0 N–H and O–H groups in total. The van der Waals surface area contributed by atoms with Crippen LogP contribution >= 0.6 is 11.3 Å². The number of hydrogen-bond acceptors (Lipinski definition) is 6. The number of benzene rings is 2. The molecule has 1 aromatic heterocycles. The largest absolute Gasteiger partial charge is 0.497 e. The number of ether oxygens (including phenoxy) is 1. The molecule has 4 rings (SSSR count). The van der Waals surface area contributed by atoms with Crippen LogP contribution in [0.5, 0.6) is 5.75 Å². The summed E-state index contributed by atoms with van der Waals surface area (Å²) < 4.78 is 46.4. The number of nitrogens with zero attached hydrogens (tertiary/aromatic N) is 4. The smallest absolute Gasteiger partial charge is 0.432 e. The van der Waals surface area contributed by atoms with Crippen molar-refractivity contribution in [3.05, 3.63) is 54.1 Å². The number of aromatic nitrogens is 1. The summed E-state index contributed by atoms with van der Waals surface area (Å²) in [5.74, 6) is -1.70. The van der Waals surface area contributed by atoms with E-state index in [1.807, 2.05) is 12.1 Å². The molecule has 0 radical (unpaired) electrons. The molecule has 31 heavy (non-hydrogen) atoms. The molecular formula is C21H17F3N4O2S. The summed E-state index contributed by atoms with van der Waals surface area (Å²) in [4.78, 5) is 21.1. The van der Waals surface area contributed by atoms with Gasteiger partial charge in [0.25, 0.3) is 5.91 Å². The zero-order chi connectivity index (χ0) is 22.0. The molecule has 2 aromatic carbocycles. The van der Waals surface area contributed by atoms with E-state index < -0.39 is 23.7 Å². The summed E-state index contributed by atoms with van der Waals surface area (Å²) in [7, 11) is 1.56. The van der Waals surface area contributed by atoms with Crippen molar-refractivity contribution in [1.29, 1.82) is 0 Å². The SMILES string of the molecule is COc1ccc(CCN=C[C@H]2C(=O)N(c3nc4ccccc4s3)N=C2C(F)(F)F)cc1. The molecule has 10 heteroatoms. The van der Waals surface area contributed by atoms with Gasteiger partial charge in [-0.25, -0.2) is 4.98 Å². The fraction of sp³-hybridized carbons (Fsp3) is 0.238. The summed E-state index contributed by atoms with van der Waals surface area (Å²) in [5, 5.41) is 4.39. The second-order valence-corrected chi connectivity index (χ2v) is 7.74. The highest BCUT2D eigenvalue weighted by atomic mass is 32.1. The van der Waals surface area contributed by atoms with Crippen LogP contribution in [-0.2, 0) is 11.2 Å². The first-order chi connectivity index (χ1) is 14.9. The molecule has 3 aromatic rings. The van der Waals surface area contributed by atoms with Crippen molar-refractivity contribution in [2.24, 2.45) is 16.0 Å². The fourth-order valence-electron chi connectivity index (χ4n) is 3.09. The molecule has 0 fully saturated rings. The molecule has 160 valence electrons. The quantitative estimate of drug-likeness (QED) is 0.524. The van der Waals surface area contributed by atoms with E-state index in [2.05, 4.69) is 15.1 Å². The number of methoxy groups -OCH3 is 1. The first kappa shape index (κ1) is 21.0. The van der Waals surface area contributed by atoms with Crippen molar-refractivity contribution in [3.63, 3.8) is 0 Å². The Balaban J connectivity index is 1.51. The summed E-state index contributed by atoms with van der Waals surface area (Å²) >= 11 is 1.11. The van der Waals surface area contributed by atoms with E-state index in [0.717, 1.165) is 32.8 Å². The predicted molar refractivity (Wildman–Crippen MR) is 114 cm³/mol. The van der Waals surface area contributed by atoms with Crippen molar-refractivity contribution in [1.82, 2.24) is 4.98 Å². The third kappa shape index (κ3) is 4.43. The molecule has 1 aliphatic rings. The number of amides is 1. The number of carbonyl (C=O) groups excluding carboxylic acids is 1. The lowest BCUT2D eigenvalue weighted by Gasteiger charge is -2.09. The maximum atomic E-state index is 13.5. The van der Waals surface area contributed by atoms with Gasteiger partial charge in [-0.15, -0.1) is 0 Å². The Labute approximate surface area is 179 Å². The van der Waals surface area contributed by atoms with Crippen LogP contribution in [0.15, 0.2) is 58.6 Å². The van der Waals surface area contributed by atoms with Crippen LogP contribution in [0.4, 0.5) is 18.3 Å². The average molecular weight is 446 g/mol. The monoisotopic (exact) mass is 446 g/mol. The summed E-state index contributed by atoms with van der Waals surface area (Å²) in [5.41, 5.74) is 0.358. The van der Waals surface area contributed by atoms with E-state index in [0.29, 0.717) is 17.7 Å². The van der Waals surface area contributed by atoms with Crippen LogP contribution in [0.25, 0.3) is 10.2 Å². The number of hydrogen-bond donors (Lipinski definition) is 0. The van der Waals surface area contributed by atoms with Crippen LogP contribution in [0, 0.1) is 5.92 Å². The Morgan fingerprint density at radius 3 is 2.61 bits per heavy atom. The van der Waals surface area contributed by atoms with Crippen LogP contribution in [0.1, 0.15) is 5.56 Å². The van der Waals surface area contributed by atoms with Gasteiger partial charge in [-0.3, -0.25) is 9.79 Å². The Kier molecular flexibility index (Phi) is 5.73. The van der Waals surface area contributed by atoms with Crippen LogP contribution in [0.3, 0.4) is 0 Å². The number of anilines is 1. The van der Waals surface area contributed by atoms with Gasteiger partial charge >= 0.3 is 6.18 Å². The number of halogens is 3. The number of para-hydroxylation sites is 1. The normalized spacial score (nSPS) is 17.0. The van der Waals surface area contributed by atoms with Crippen molar-refractivity contribution in [3.8, 4) is 5.75 Å². The molecular weight excluding hydrogens is 429 g/mol. The van der Waals surface area contributed by atoms with Gasteiger partial charge in [0.1, 0.15) is 11.7 Å². The molecule has 0 saturated heterocycles. The number of fused-ring (bicyclic) bond motifs is 1. The maximum Gasteiger partial charge on any atom is 0.432 e. The lowest BCUT2D eigenvalue weighted by Crippen LogP contribution is -2.34. The standard InChI is InChI=1S/C21H17F3N4O2S/c1-30-14-8-6-13(7-9-14)10-11-25-12-15-18(21(22,23)24)27-28(19(15)29)20-26-16-4-2-3-5-17(16)31-20/h2-9,12,15H,10-11H2,1H3/t15-/m1/s1. The number of aliphatic imine (C=N–C) groups is 1. The topological polar surface area (TPSA) is 67.2 Å². The number of thiazole rings is 1. The van der Waals surface area contributed by atoms with Crippen LogP contribution in [0.2, 0.25) is 0 Å². The third-order valence-electron chi connectivity index (χ3n) is 4.67. The Bertz CT molecular complexity index is 1120. The lowest BCUT2D eigenvalue weighted by molar-refractivity contribution is -0.119. The zero-order valence-corrected chi connectivity index (χ0v) is 17.2. The lowest BCUT2D eigenvalue weighted by atomic mass is 10.0. The molecule has 1 aliphatic heterocycles. The maximum absolute atomic E-state index is 13.5. The first-order valence-corrected chi connectivity index (χ1v) is 10.2. The van der Waals surface area contributed by atoms with E-state index in [-0.39, 0.29) is 11.7 Å². The number of rotatable bonds is 6. The van der Waals surface area contributed by atoms with Gasteiger partial charge in [-0.2, -0.15) is 23.3 Å². The molecule has 1 atom stereocenters. The second kappa shape index (κ2) is 8.46. The van der Waals surface area contributed by atoms with Crippen molar-refractivity contribution in [2.45, 2.75) is 12.6 Å². The number of alkyl halides is 3. The van der Waals surface area contributed by atoms with E-state index in [4.69, 9.17) is 4.74 Å². The summed E-state index contributed by atoms with van der Waals surface area (Å²) in [6.07, 6.45) is -3.21. The second-order valence-electron chi connectivity index (χ2n) is 6.73. The molecule has 0 saturated carbocycles. The first-order valence-electron chi connectivity index (χ1n) is 9.35. The van der Waals surface area contributed by atoms with Gasteiger partial charge in [0.05, 0.1) is 17.3 Å². The molecule has 1 amide bonds. The molecule has 0 spiro atoms. The zero-order valence-electron chi connectivity index (χ0n) is 16.3. The van der Waals surface area contributed by atoms with Gasteiger partial charge in [0.2, 0.25) is 5.13 Å². The third-order valence-corrected chi connectivity index (χ3v) is 5.69. The van der Waals surface area contributed by atoms with Crippen LogP contribution < -0.4 is 9.75 Å². The van der Waals surface area contributed by atoms with E-state index in [1.54, 1.807) is 43.5 Å². The van der Waals surface area contributed by atoms with E-state index in [9.17, 15) is 18.0 Å². The Morgan fingerprint density at radius 2 is 1.94 bits per heavy atom. The number of hydrazone groups is 1. The van der Waals surface area contributed by atoms with Gasteiger partial charge in [-0.1, -0.05) is 35.6 Å². The molecule has 2 heterocycles. The highest BCUT2D eigenvalue weighted by Gasteiger charge is 2.50. The van der Waals surface area contributed by atoms with Gasteiger partial charge in [0, 0.05) is 12.8 Å². The highest BCUT2D eigenvalue weighted by molar-refractivity contribution is 7.22. The van der Waals surface area contributed by atoms with Gasteiger partial charge < -0.3 is 4.74 Å². The molecule has 0 aliphatic carbocycles. The Hall–Kier alpha value is -3.27. The van der Waals surface area contributed by atoms with Crippen LogP contribution in [-0.4, -0.2) is 42.6 Å². The molecule has 0 bridgehead atoms. The summed E-state index contributed by atoms with van der Waals surface area (Å²) in [6.45, 7) is 0.238. The van der Waals surface area contributed by atoms with Crippen molar-refractivity contribution < 1.29 is 22.7 Å². The molecule has 6 nitrogen and oxygen atoms in total. The molecule has 0 unspecified atom stereocenters. The van der Waals surface area contributed by atoms with E-state index >= 15 is 0 Å². The highest BCUT2D eigenvalue weighted by Crippen LogP contribution is 2.35. The van der Waals surface area contributed by atoms with E-state index in [1.165, 1.54) is 0 Å². The van der Waals surface area contributed by atoms with Gasteiger partial charge in [-0.05, 0) is 36.2 Å². The number of carbonyl (C=O) groups is 1.